The first-order valence-electron chi connectivity index (χ1n) is 6.65. The van der Waals surface area contributed by atoms with E-state index in [2.05, 4.69) is 15.1 Å². The lowest BCUT2D eigenvalue weighted by Crippen LogP contribution is -2.05. The molecule has 0 aliphatic heterocycles. The first-order chi connectivity index (χ1) is 11.3. The number of fused-ring (bicyclic) bond motifs is 1. The van der Waals surface area contributed by atoms with Gasteiger partial charge >= 0.3 is 5.97 Å². The molecule has 0 saturated heterocycles. The van der Waals surface area contributed by atoms with Crippen molar-refractivity contribution in [3.63, 3.8) is 0 Å². The van der Waals surface area contributed by atoms with Gasteiger partial charge in [0.05, 0.1) is 21.3 Å². The monoisotopic (exact) mass is 343 g/mol. The van der Waals surface area contributed by atoms with Gasteiger partial charge in [-0.3, -0.25) is 0 Å². The summed E-state index contributed by atoms with van der Waals surface area (Å²) >= 11 is 3.03. The van der Waals surface area contributed by atoms with Gasteiger partial charge in [-0.1, -0.05) is 5.16 Å². The summed E-state index contributed by atoms with van der Waals surface area (Å²) in [5.41, 5.74) is 3.96. The molecule has 0 N–H and O–H groups in total. The van der Waals surface area contributed by atoms with Gasteiger partial charge in [-0.05, 0) is 29.6 Å². The average molecular weight is 343 g/mol. The van der Waals surface area contributed by atoms with Crippen LogP contribution in [0.2, 0.25) is 0 Å². The predicted octanol–water partition coefficient (Wildman–Crippen LogP) is 3.76. The summed E-state index contributed by atoms with van der Waals surface area (Å²) in [6.45, 7) is -0.0588. The third kappa shape index (κ3) is 2.86. The number of aromatic nitrogens is 3. The first kappa shape index (κ1) is 14.0. The first-order valence-corrected chi connectivity index (χ1v) is 8.47. The third-order valence-corrected chi connectivity index (χ3v) is 4.62. The molecule has 0 spiro atoms. The van der Waals surface area contributed by atoms with E-state index in [0.717, 1.165) is 15.8 Å². The van der Waals surface area contributed by atoms with Crippen molar-refractivity contribution in [2.75, 3.05) is 0 Å². The number of thiazole rings is 1. The van der Waals surface area contributed by atoms with Crippen molar-refractivity contribution < 1.29 is 14.1 Å². The molecule has 8 heteroatoms. The number of hydrogen-bond donors (Lipinski definition) is 0. The Morgan fingerprint density at radius 2 is 2.26 bits per heavy atom. The number of rotatable bonds is 4. The summed E-state index contributed by atoms with van der Waals surface area (Å²) in [6.07, 6.45) is 0. The Morgan fingerprint density at radius 3 is 3.13 bits per heavy atom. The van der Waals surface area contributed by atoms with Crippen molar-refractivity contribution in [2.24, 2.45) is 0 Å². The Bertz CT molecular complexity index is 959. The van der Waals surface area contributed by atoms with Gasteiger partial charge in [0, 0.05) is 10.9 Å². The molecule has 0 fully saturated rings. The van der Waals surface area contributed by atoms with Crippen molar-refractivity contribution in [1.82, 2.24) is 15.1 Å². The van der Waals surface area contributed by atoms with E-state index in [0.29, 0.717) is 11.4 Å². The largest absolute Gasteiger partial charge is 0.452 e. The van der Waals surface area contributed by atoms with E-state index < -0.39 is 5.97 Å². The molecular weight excluding hydrogens is 334 g/mol. The fraction of sp³-hybridized carbons (Fsp3) is 0.0667. The van der Waals surface area contributed by atoms with Crippen molar-refractivity contribution in [1.29, 1.82) is 0 Å². The Labute approximate surface area is 138 Å². The number of hydrogen-bond acceptors (Lipinski definition) is 8. The normalized spacial score (nSPS) is 11.0. The maximum atomic E-state index is 12.1. The van der Waals surface area contributed by atoms with Gasteiger partial charge in [0.15, 0.2) is 6.61 Å². The molecule has 3 heterocycles. The molecule has 6 nitrogen and oxygen atoms in total. The number of carbonyl (C=O) groups is 1. The summed E-state index contributed by atoms with van der Waals surface area (Å²) in [6, 6.07) is 7.15. The molecular formula is C15H9N3O3S2. The number of esters is 1. The lowest BCUT2D eigenvalue weighted by molar-refractivity contribution is 0.0430. The van der Waals surface area contributed by atoms with E-state index in [1.165, 1.54) is 11.3 Å². The minimum Gasteiger partial charge on any atom is -0.452 e. The lowest BCUT2D eigenvalue weighted by atomic mass is 10.2. The summed E-state index contributed by atoms with van der Waals surface area (Å²) in [5.74, 6) is 0.317. The van der Waals surface area contributed by atoms with E-state index in [1.54, 1.807) is 35.0 Å². The molecule has 114 valence electrons. The van der Waals surface area contributed by atoms with Crippen LogP contribution < -0.4 is 0 Å². The zero-order valence-corrected chi connectivity index (χ0v) is 13.3. The Balaban J connectivity index is 1.45. The molecule has 0 aliphatic rings. The predicted molar refractivity (Wildman–Crippen MR) is 86.4 cm³/mol. The van der Waals surface area contributed by atoms with E-state index in [1.807, 2.05) is 16.8 Å². The second kappa shape index (κ2) is 5.90. The highest BCUT2D eigenvalue weighted by molar-refractivity contribution is 7.16. The smallest absolute Gasteiger partial charge is 0.338 e. The number of thiophene rings is 1. The SMILES string of the molecule is O=C(OCc1nc(-c2ccsc2)no1)c1ccc2ncsc2c1. The van der Waals surface area contributed by atoms with Gasteiger partial charge in [0.25, 0.3) is 5.89 Å². The summed E-state index contributed by atoms with van der Waals surface area (Å²) in [5, 5.41) is 7.72. The zero-order chi connectivity index (χ0) is 15.6. The van der Waals surface area contributed by atoms with Gasteiger partial charge in [-0.25, -0.2) is 9.78 Å². The van der Waals surface area contributed by atoms with Crippen LogP contribution in [-0.4, -0.2) is 21.1 Å². The number of carbonyl (C=O) groups excluding carboxylic acids is 1. The van der Waals surface area contributed by atoms with Crippen LogP contribution in [0, 0.1) is 0 Å². The number of benzene rings is 1. The van der Waals surface area contributed by atoms with E-state index in [9.17, 15) is 4.79 Å². The molecule has 0 radical (unpaired) electrons. The molecule has 4 aromatic rings. The molecule has 0 amide bonds. The van der Waals surface area contributed by atoms with Gasteiger partial charge in [-0.2, -0.15) is 16.3 Å². The molecule has 1 aromatic carbocycles. The molecule has 0 unspecified atom stereocenters. The summed E-state index contributed by atoms with van der Waals surface area (Å²) in [4.78, 5) is 20.5. The van der Waals surface area contributed by atoms with E-state index in [-0.39, 0.29) is 12.5 Å². The fourth-order valence-corrected chi connectivity index (χ4v) is 3.37. The lowest BCUT2D eigenvalue weighted by Gasteiger charge is -2.01. The molecule has 4 rings (SSSR count). The highest BCUT2D eigenvalue weighted by atomic mass is 32.1. The van der Waals surface area contributed by atoms with Crippen molar-refractivity contribution in [3.05, 3.63) is 52.0 Å². The summed E-state index contributed by atoms with van der Waals surface area (Å²) < 4.78 is 11.3. The maximum Gasteiger partial charge on any atom is 0.338 e. The van der Waals surface area contributed by atoms with Gasteiger partial charge in [-0.15, -0.1) is 11.3 Å². The highest BCUT2D eigenvalue weighted by Gasteiger charge is 2.13. The number of ether oxygens (including phenoxy) is 1. The Kier molecular flexibility index (Phi) is 3.60. The topological polar surface area (TPSA) is 78.1 Å². The van der Waals surface area contributed by atoms with Crippen LogP contribution in [0.15, 0.2) is 45.1 Å². The maximum absolute atomic E-state index is 12.1. The standard InChI is InChI=1S/C15H9N3O3S2/c19-15(9-1-2-11-12(5-9)23-8-16-11)20-6-13-17-14(18-21-13)10-3-4-22-7-10/h1-5,7-8H,6H2. The molecule has 3 aromatic heterocycles. The minimum atomic E-state index is -0.435. The van der Waals surface area contributed by atoms with E-state index in [4.69, 9.17) is 9.26 Å². The molecule has 23 heavy (non-hydrogen) atoms. The zero-order valence-electron chi connectivity index (χ0n) is 11.6. The van der Waals surface area contributed by atoms with Crippen LogP contribution in [-0.2, 0) is 11.3 Å². The second-order valence-corrected chi connectivity index (χ2v) is 6.30. The second-order valence-electron chi connectivity index (χ2n) is 4.63. The quantitative estimate of drug-likeness (QED) is 0.525. The van der Waals surface area contributed by atoms with Crippen LogP contribution in [0.25, 0.3) is 21.6 Å². The molecule has 0 atom stereocenters. The minimum absolute atomic E-state index is 0.0588. The van der Waals surface area contributed by atoms with Crippen LogP contribution in [0.5, 0.6) is 0 Å². The van der Waals surface area contributed by atoms with Crippen molar-refractivity contribution >= 4 is 38.9 Å². The van der Waals surface area contributed by atoms with E-state index >= 15 is 0 Å². The Morgan fingerprint density at radius 1 is 1.30 bits per heavy atom. The summed E-state index contributed by atoms with van der Waals surface area (Å²) in [7, 11) is 0. The molecule has 0 saturated carbocycles. The number of nitrogens with zero attached hydrogens (tertiary/aromatic N) is 3. The average Bonchev–Trinajstić information content (AvgIpc) is 3.32. The van der Waals surface area contributed by atoms with Crippen LogP contribution in [0.4, 0.5) is 0 Å². The Hall–Kier alpha value is -2.58. The van der Waals surface area contributed by atoms with Gasteiger partial charge in [0.1, 0.15) is 0 Å². The fourth-order valence-electron chi connectivity index (χ4n) is 2.02. The van der Waals surface area contributed by atoms with Gasteiger partial charge in [0.2, 0.25) is 5.82 Å². The van der Waals surface area contributed by atoms with Crippen LogP contribution in [0.1, 0.15) is 16.2 Å². The van der Waals surface area contributed by atoms with Crippen LogP contribution >= 0.6 is 22.7 Å². The van der Waals surface area contributed by atoms with Gasteiger partial charge < -0.3 is 9.26 Å². The third-order valence-electron chi connectivity index (χ3n) is 3.14. The molecule has 0 aliphatic carbocycles. The van der Waals surface area contributed by atoms with Crippen molar-refractivity contribution in [3.8, 4) is 11.4 Å². The highest BCUT2D eigenvalue weighted by Crippen LogP contribution is 2.21. The molecule has 0 bridgehead atoms. The van der Waals surface area contributed by atoms with Crippen LogP contribution in [0.3, 0.4) is 0 Å². The van der Waals surface area contributed by atoms with Crippen molar-refractivity contribution in [2.45, 2.75) is 6.61 Å².